The molecular formula is C18H22FN. The predicted octanol–water partition coefficient (Wildman–Crippen LogP) is 4.26. The molecule has 1 unspecified atom stereocenters. The monoisotopic (exact) mass is 271 g/mol. The maximum absolute atomic E-state index is 14.1. The zero-order valence-corrected chi connectivity index (χ0v) is 12.4. The van der Waals surface area contributed by atoms with Crippen molar-refractivity contribution < 1.29 is 4.39 Å². The van der Waals surface area contributed by atoms with E-state index in [0.717, 1.165) is 12.8 Å². The zero-order chi connectivity index (χ0) is 14.5. The number of hydrogen-bond donors (Lipinski definition) is 1. The topological polar surface area (TPSA) is 12.0 Å². The number of halogens is 1. The maximum atomic E-state index is 14.1. The molecule has 0 aliphatic carbocycles. The minimum absolute atomic E-state index is 0.0994. The maximum Gasteiger partial charge on any atom is 0.128 e. The SMILES string of the molecule is CCc1ccc(CC)c(C(NC)c2ccccc2F)c1. The Kier molecular flexibility index (Phi) is 4.91. The largest absolute Gasteiger partial charge is 0.309 e. The molecule has 0 aromatic heterocycles. The molecule has 0 aliphatic rings. The number of nitrogens with one attached hydrogen (secondary N) is 1. The van der Waals surface area contributed by atoms with E-state index in [1.165, 1.54) is 22.8 Å². The number of rotatable bonds is 5. The van der Waals surface area contributed by atoms with Gasteiger partial charge in [-0.15, -0.1) is 0 Å². The van der Waals surface area contributed by atoms with Gasteiger partial charge in [-0.3, -0.25) is 0 Å². The molecule has 1 nitrogen and oxygen atoms in total. The molecule has 0 saturated carbocycles. The number of hydrogen-bond acceptors (Lipinski definition) is 1. The second-order valence-corrected chi connectivity index (χ2v) is 4.98. The van der Waals surface area contributed by atoms with E-state index in [0.29, 0.717) is 5.56 Å². The highest BCUT2D eigenvalue weighted by molar-refractivity contribution is 5.40. The molecule has 106 valence electrons. The van der Waals surface area contributed by atoms with Crippen LogP contribution in [-0.2, 0) is 12.8 Å². The van der Waals surface area contributed by atoms with Gasteiger partial charge in [-0.05, 0) is 42.6 Å². The first-order valence-electron chi connectivity index (χ1n) is 7.24. The van der Waals surface area contributed by atoms with Crippen molar-refractivity contribution in [2.45, 2.75) is 32.7 Å². The molecule has 0 fully saturated rings. The fourth-order valence-electron chi connectivity index (χ4n) is 2.64. The summed E-state index contributed by atoms with van der Waals surface area (Å²) in [7, 11) is 1.88. The van der Waals surface area contributed by atoms with Crippen molar-refractivity contribution in [1.29, 1.82) is 0 Å². The molecule has 2 rings (SSSR count). The molecule has 0 radical (unpaired) electrons. The summed E-state index contributed by atoms with van der Waals surface area (Å²) in [6.07, 6.45) is 1.94. The van der Waals surface area contributed by atoms with E-state index in [2.05, 4.69) is 37.4 Å². The van der Waals surface area contributed by atoms with Crippen LogP contribution >= 0.6 is 0 Å². The number of aryl methyl sites for hydroxylation is 2. The van der Waals surface area contributed by atoms with E-state index >= 15 is 0 Å². The first kappa shape index (κ1) is 14.7. The zero-order valence-electron chi connectivity index (χ0n) is 12.4. The summed E-state index contributed by atoms with van der Waals surface area (Å²) in [4.78, 5) is 0. The minimum Gasteiger partial charge on any atom is -0.309 e. The summed E-state index contributed by atoms with van der Waals surface area (Å²) in [6, 6.07) is 13.4. The molecule has 20 heavy (non-hydrogen) atoms. The summed E-state index contributed by atoms with van der Waals surface area (Å²) < 4.78 is 14.1. The molecule has 0 spiro atoms. The van der Waals surface area contributed by atoms with Crippen LogP contribution < -0.4 is 5.32 Å². The molecule has 2 aromatic carbocycles. The van der Waals surface area contributed by atoms with Gasteiger partial charge in [0.05, 0.1) is 6.04 Å². The highest BCUT2D eigenvalue weighted by Crippen LogP contribution is 2.28. The van der Waals surface area contributed by atoms with Gasteiger partial charge in [-0.1, -0.05) is 50.2 Å². The van der Waals surface area contributed by atoms with Crippen LogP contribution in [0.25, 0.3) is 0 Å². The van der Waals surface area contributed by atoms with Crippen LogP contribution in [0.15, 0.2) is 42.5 Å². The minimum atomic E-state index is -0.157. The molecule has 2 heteroatoms. The van der Waals surface area contributed by atoms with Gasteiger partial charge in [0.1, 0.15) is 5.82 Å². The Labute approximate surface area is 120 Å². The Morgan fingerprint density at radius 3 is 2.35 bits per heavy atom. The summed E-state index contributed by atoms with van der Waals surface area (Å²) >= 11 is 0. The molecule has 0 amide bonds. The highest BCUT2D eigenvalue weighted by atomic mass is 19.1. The van der Waals surface area contributed by atoms with Gasteiger partial charge in [0, 0.05) is 5.56 Å². The van der Waals surface area contributed by atoms with Crippen molar-refractivity contribution in [3.8, 4) is 0 Å². The van der Waals surface area contributed by atoms with Crippen molar-refractivity contribution in [1.82, 2.24) is 5.32 Å². The van der Waals surface area contributed by atoms with Crippen molar-refractivity contribution in [2.24, 2.45) is 0 Å². The van der Waals surface area contributed by atoms with Crippen LogP contribution in [0.2, 0.25) is 0 Å². The van der Waals surface area contributed by atoms with Gasteiger partial charge in [-0.2, -0.15) is 0 Å². The van der Waals surface area contributed by atoms with E-state index in [9.17, 15) is 4.39 Å². The van der Waals surface area contributed by atoms with Crippen molar-refractivity contribution in [3.63, 3.8) is 0 Å². The third-order valence-electron chi connectivity index (χ3n) is 3.82. The highest BCUT2D eigenvalue weighted by Gasteiger charge is 2.18. The third kappa shape index (κ3) is 2.91. The van der Waals surface area contributed by atoms with Gasteiger partial charge in [0.25, 0.3) is 0 Å². The van der Waals surface area contributed by atoms with Crippen molar-refractivity contribution in [2.75, 3.05) is 7.05 Å². The van der Waals surface area contributed by atoms with E-state index in [1.807, 2.05) is 19.2 Å². The van der Waals surface area contributed by atoms with Crippen LogP contribution in [0.4, 0.5) is 4.39 Å². The lowest BCUT2D eigenvalue weighted by Crippen LogP contribution is -2.20. The average molecular weight is 271 g/mol. The lowest BCUT2D eigenvalue weighted by Gasteiger charge is -2.21. The second kappa shape index (κ2) is 6.67. The fourth-order valence-corrected chi connectivity index (χ4v) is 2.64. The first-order chi connectivity index (χ1) is 9.71. The van der Waals surface area contributed by atoms with Crippen LogP contribution in [0.3, 0.4) is 0 Å². The molecule has 0 saturated heterocycles. The standard InChI is InChI=1S/C18H22FN/c1-4-13-10-11-14(5-2)16(12-13)18(20-3)15-8-6-7-9-17(15)19/h6-12,18,20H,4-5H2,1-3H3. The van der Waals surface area contributed by atoms with E-state index in [4.69, 9.17) is 0 Å². The van der Waals surface area contributed by atoms with Gasteiger partial charge in [-0.25, -0.2) is 4.39 Å². The van der Waals surface area contributed by atoms with Crippen LogP contribution in [-0.4, -0.2) is 7.05 Å². The van der Waals surface area contributed by atoms with E-state index < -0.39 is 0 Å². The lowest BCUT2D eigenvalue weighted by atomic mass is 9.91. The quantitative estimate of drug-likeness (QED) is 0.856. The summed E-state index contributed by atoms with van der Waals surface area (Å²) in [5.41, 5.74) is 4.44. The van der Waals surface area contributed by atoms with Crippen molar-refractivity contribution >= 4 is 0 Å². The van der Waals surface area contributed by atoms with Gasteiger partial charge in [0.15, 0.2) is 0 Å². The van der Waals surface area contributed by atoms with Gasteiger partial charge >= 0.3 is 0 Å². The molecular weight excluding hydrogens is 249 g/mol. The Hall–Kier alpha value is -1.67. The number of benzene rings is 2. The van der Waals surface area contributed by atoms with Crippen molar-refractivity contribution in [3.05, 3.63) is 70.5 Å². The molecule has 0 bridgehead atoms. The van der Waals surface area contributed by atoms with Gasteiger partial charge < -0.3 is 5.32 Å². The third-order valence-corrected chi connectivity index (χ3v) is 3.82. The summed E-state index contributed by atoms with van der Waals surface area (Å²) in [5.74, 6) is -0.157. The Balaban J connectivity index is 2.54. The molecule has 0 aliphatic heterocycles. The smallest absolute Gasteiger partial charge is 0.128 e. The molecule has 1 atom stereocenters. The first-order valence-corrected chi connectivity index (χ1v) is 7.24. The van der Waals surface area contributed by atoms with Gasteiger partial charge in [0.2, 0.25) is 0 Å². The summed E-state index contributed by atoms with van der Waals surface area (Å²) in [6.45, 7) is 4.28. The van der Waals surface area contributed by atoms with Crippen LogP contribution in [0.5, 0.6) is 0 Å². The van der Waals surface area contributed by atoms with E-state index in [-0.39, 0.29) is 11.9 Å². The molecule has 1 N–H and O–H groups in total. The lowest BCUT2D eigenvalue weighted by molar-refractivity contribution is 0.574. The Bertz CT molecular complexity index is 577. The Morgan fingerprint density at radius 2 is 1.75 bits per heavy atom. The normalized spacial score (nSPS) is 12.4. The van der Waals surface area contributed by atoms with Crippen LogP contribution in [0, 0.1) is 5.82 Å². The summed E-state index contributed by atoms with van der Waals surface area (Å²) in [5, 5.41) is 3.26. The average Bonchev–Trinajstić information content (AvgIpc) is 2.49. The fraction of sp³-hybridized carbons (Fsp3) is 0.333. The predicted molar refractivity (Wildman–Crippen MR) is 82.5 cm³/mol. The van der Waals surface area contributed by atoms with Crippen LogP contribution in [0.1, 0.15) is 42.1 Å². The van der Waals surface area contributed by atoms with E-state index in [1.54, 1.807) is 6.07 Å². The molecule has 0 heterocycles. The Morgan fingerprint density at radius 1 is 1.00 bits per heavy atom. The molecule has 2 aromatic rings. The second-order valence-electron chi connectivity index (χ2n) is 4.98.